The average Bonchev–Trinajstić information content (AvgIpc) is 2.48. The molecule has 1 amide bonds. The summed E-state index contributed by atoms with van der Waals surface area (Å²) in [4.78, 5) is 39.2. The van der Waals surface area contributed by atoms with Gasteiger partial charge in [-0.3, -0.25) is 15.4 Å². The number of aliphatic carboxylic acids is 2. The van der Waals surface area contributed by atoms with Crippen LogP contribution in [0.4, 0.5) is 0 Å². The molecular weight excluding hydrogens is 318 g/mol. The fourth-order valence-electron chi connectivity index (χ4n) is 2.06. The van der Waals surface area contributed by atoms with Gasteiger partial charge in [0.25, 0.3) is 5.91 Å². The minimum Gasteiger partial charge on any atom is -0.479 e. The molecular formula is C11H13N3O7S. The van der Waals surface area contributed by atoms with Crippen molar-refractivity contribution >= 4 is 35.8 Å². The normalized spacial score (nSPS) is 27.6. The quantitative estimate of drug-likeness (QED) is 0.231. The fourth-order valence-corrected chi connectivity index (χ4v) is 3.40. The molecule has 2 rings (SSSR count). The van der Waals surface area contributed by atoms with E-state index in [0.717, 1.165) is 11.1 Å². The summed E-state index contributed by atoms with van der Waals surface area (Å²) in [5.74, 6) is -3.00. The van der Waals surface area contributed by atoms with Gasteiger partial charge in [0.05, 0.1) is 6.21 Å². The van der Waals surface area contributed by atoms with Crippen LogP contribution in [0.1, 0.15) is 0 Å². The lowest BCUT2D eigenvalue weighted by molar-refractivity contribution is -0.182. The summed E-state index contributed by atoms with van der Waals surface area (Å²) >= 11 is 1.21. The number of hydrogen-bond acceptors (Lipinski definition) is 8. The molecule has 2 heterocycles. The second-order valence-corrected chi connectivity index (χ2v) is 5.48. The number of carbonyl (C=O) groups excluding carboxylic acids is 1. The molecule has 2 aliphatic heterocycles. The second-order valence-electron chi connectivity index (χ2n) is 4.42. The zero-order valence-corrected chi connectivity index (χ0v) is 12.2. The van der Waals surface area contributed by atoms with Crippen molar-refractivity contribution in [2.45, 2.75) is 11.1 Å². The summed E-state index contributed by atoms with van der Waals surface area (Å²) < 4.78 is 4.97. The minimum atomic E-state index is -1.55. The maximum atomic E-state index is 12.0. The first kappa shape index (κ1) is 16.3. The van der Waals surface area contributed by atoms with Crippen LogP contribution in [0.25, 0.3) is 0 Å². The van der Waals surface area contributed by atoms with E-state index >= 15 is 0 Å². The highest BCUT2D eigenvalue weighted by molar-refractivity contribution is 8.00. The number of ether oxygens (including phenoxy) is 1. The number of amides is 1. The Morgan fingerprint density at radius 1 is 1.59 bits per heavy atom. The van der Waals surface area contributed by atoms with Crippen LogP contribution in [-0.2, 0) is 24.0 Å². The van der Waals surface area contributed by atoms with Crippen molar-refractivity contribution < 1.29 is 34.2 Å². The molecule has 1 saturated heterocycles. The van der Waals surface area contributed by atoms with Crippen molar-refractivity contribution in [1.29, 1.82) is 0 Å². The molecule has 0 aromatic rings. The van der Waals surface area contributed by atoms with Gasteiger partial charge in [0.1, 0.15) is 11.1 Å². The highest BCUT2D eigenvalue weighted by Crippen LogP contribution is 2.44. The van der Waals surface area contributed by atoms with Crippen molar-refractivity contribution in [2.24, 2.45) is 10.9 Å². The molecule has 4 N–H and O–H groups in total. The number of carboxylic acid groups (broad SMARTS) is 2. The monoisotopic (exact) mass is 331 g/mol. The third kappa shape index (κ3) is 2.53. The van der Waals surface area contributed by atoms with Gasteiger partial charge >= 0.3 is 11.9 Å². The molecule has 0 saturated carbocycles. The van der Waals surface area contributed by atoms with Gasteiger partial charge in [-0.1, -0.05) is 5.16 Å². The Balaban J connectivity index is 2.24. The molecule has 10 nitrogen and oxygen atoms in total. The third-order valence-corrected chi connectivity index (χ3v) is 4.46. The summed E-state index contributed by atoms with van der Waals surface area (Å²) in [5, 5.41) is 20.5. The predicted octanol–water partition coefficient (Wildman–Crippen LogP) is -1.37. The van der Waals surface area contributed by atoms with Crippen LogP contribution >= 0.6 is 11.8 Å². The largest absolute Gasteiger partial charge is 0.479 e. The van der Waals surface area contributed by atoms with Crippen LogP contribution in [-0.4, -0.2) is 69.7 Å². The van der Waals surface area contributed by atoms with Crippen LogP contribution in [0.15, 0.2) is 16.4 Å². The molecule has 0 aromatic heterocycles. The van der Waals surface area contributed by atoms with Gasteiger partial charge in [-0.25, -0.2) is 9.59 Å². The third-order valence-electron chi connectivity index (χ3n) is 3.11. The standard InChI is InChI=1S/C11H13N3O7S/c1-20-11(12)9(19)14-7(8(17)18)5(4-22-10(11)14)2-13-21-3-6(15)16/h2,10H,3-4,12H2,1H3,(H,15,16)(H,17,18)/b13-2+/t10-,11+/m1/s1. The number of carbonyl (C=O) groups is 3. The number of β-lactam (4-membered cyclic amide) rings is 1. The number of oxime groups is 1. The lowest BCUT2D eigenvalue weighted by Gasteiger charge is -2.53. The summed E-state index contributed by atoms with van der Waals surface area (Å²) in [5.41, 5.74) is 4.19. The second kappa shape index (κ2) is 5.94. The number of thioether (sulfide) groups is 1. The summed E-state index contributed by atoms with van der Waals surface area (Å²) in [6, 6.07) is 0. The molecule has 0 radical (unpaired) electrons. The Labute approximate surface area is 128 Å². The molecule has 2 aliphatic rings. The molecule has 11 heteroatoms. The molecule has 2 atom stereocenters. The van der Waals surface area contributed by atoms with E-state index in [1.807, 2.05) is 0 Å². The molecule has 0 bridgehead atoms. The van der Waals surface area contributed by atoms with E-state index in [4.69, 9.17) is 15.6 Å². The first-order valence-electron chi connectivity index (χ1n) is 5.95. The van der Waals surface area contributed by atoms with E-state index in [1.54, 1.807) is 0 Å². The Morgan fingerprint density at radius 3 is 2.82 bits per heavy atom. The van der Waals surface area contributed by atoms with Crippen molar-refractivity contribution in [1.82, 2.24) is 4.90 Å². The van der Waals surface area contributed by atoms with Gasteiger partial charge in [-0.2, -0.15) is 0 Å². The van der Waals surface area contributed by atoms with Gasteiger partial charge in [0, 0.05) is 18.4 Å². The number of nitrogens with two attached hydrogens (primary N) is 1. The lowest BCUT2D eigenvalue weighted by atomic mass is 10.00. The fraction of sp³-hybridized carbons (Fsp3) is 0.455. The smallest absolute Gasteiger partial charge is 0.353 e. The Morgan fingerprint density at radius 2 is 2.27 bits per heavy atom. The highest BCUT2D eigenvalue weighted by atomic mass is 32.2. The maximum absolute atomic E-state index is 12.0. The van der Waals surface area contributed by atoms with Gasteiger partial charge in [0.2, 0.25) is 12.3 Å². The summed E-state index contributed by atoms with van der Waals surface area (Å²) in [6.07, 6.45) is 1.08. The number of fused-ring (bicyclic) bond motifs is 1. The topological polar surface area (TPSA) is 152 Å². The molecule has 120 valence electrons. The molecule has 22 heavy (non-hydrogen) atoms. The van der Waals surface area contributed by atoms with E-state index in [-0.39, 0.29) is 17.0 Å². The highest BCUT2D eigenvalue weighted by Gasteiger charge is 2.63. The van der Waals surface area contributed by atoms with Gasteiger partial charge < -0.3 is 19.8 Å². The van der Waals surface area contributed by atoms with Gasteiger partial charge in [0.15, 0.2) is 0 Å². The van der Waals surface area contributed by atoms with Crippen LogP contribution < -0.4 is 5.73 Å². The van der Waals surface area contributed by atoms with Crippen molar-refractivity contribution in [2.75, 3.05) is 19.5 Å². The van der Waals surface area contributed by atoms with Gasteiger partial charge in [-0.05, 0) is 0 Å². The molecule has 0 spiro atoms. The molecule has 0 unspecified atom stereocenters. The van der Waals surface area contributed by atoms with Crippen LogP contribution in [0.3, 0.4) is 0 Å². The zero-order valence-electron chi connectivity index (χ0n) is 11.4. The molecule has 0 aromatic carbocycles. The SMILES string of the molecule is CO[C@@]1(N)C(=O)N2C(C(=O)O)=C(/C=N/OCC(=O)O)CS[C@@H]21. The van der Waals surface area contributed by atoms with Crippen molar-refractivity contribution in [3.8, 4) is 0 Å². The van der Waals surface area contributed by atoms with Gasteiger partial charge in [-0.15, -0.1) is 11.8 Å². The zero-order chi connectivity index (χ0) is 16.5. The van der Waals surface area contributed by atoms with E-state index in [1.165, 1.54) is 18.9 Å². The van der Waals surface area contributed by atoms with Crippen LogP contribution in [0, 0.1) is 0 Å². The number of rotatable bonds is 6. The van der Waals surface area contributed by atoms with Crippen LogP contribution in [0.5, 0.6) is 0 Å². The Hall–Kier alpha value is -2.11. The average molecular weight is 331 g/mol. The molecule has 1 fully saturated rings. The van der Waals surface area contributed by atoms with E-state index in [0.29, 0.717) is 0 Å². The van der Waals surface area contributed by atoms with Crippen LogP contribution in [0.2, 0.25) is 0 Å². The molecule has 0 aliphatic carbocycles. The predicted molar refractivity (Wildman–Crippen MR) is 73.8 cm³/mol. The van der Waals surface area contributed by atoms with Crippen molar-refractivity contribution in [3.05, 3.63) is 11.3 Å². The summed E-state index contributed by atoms with van der Waals surface area (Å²) in [7, 11) is 1.27. The summed E-state index contributed by atoms with van der Waals surface area (Å²) in [6.45, 7) is -0.653. The maximum Gasteiger partial charge on any atom is 0.353 e. The van der Waals surface area contributed by atoms with E-state index in [2.05, 4.69) is 9.99 Å². The first-order chi connectivity index (χ1) is 10.3. The Bertz CT molecular complexity index is 590. The number of methoxy groups -OCH3 is 1. The number of nitrogens with zero attached hydrogens (tertiary/aromatic N) is 2. The van der Waals surface area contributed by atoms with Crippen molar-refractivity contribution in [3.63, 3.8) is 0 Å². The van der Waals surface area contributed by atoms with E-state index < -0.39 is 35.6 Å². The number of hydrogen-bond donors (Lipinski definition) is 3. The Kier molecular flexibility index (Phi) is 4.39. The lowest BCUT2D eigenvalue weighted by Crippen LogP contribution is -2.78. The minimum absolute atomic E-state index is 0.207. The first-order valence-corrected chi connectivity index (χ1v) is 7.00. The number of carboxylic acids is 2. The van der Waals surface area contributed by atoms with E-state index in [9.17, 15) is 19.5 Å².